The van der Waals surface area contributed by atoms with Crippen LogP contribution in [0.4, 0.5) is 17.6 Å². The van der Waals surface area contributed by atoms with E-state index in [-0.39, 0.29) is 12.1 Å². The van der Waals surface area contributed by atoms with Gasteiger partial charge in [-0.3, -0.25) is 9.69 Å². The summed E-state index contributed by atoms with van der Waals surface area (Å²) in [4.78, 5) is 13.4. The molecule has 0 aromatic heterocycles. The van der Waals surface area contributed by atoms with Crippen molar-refractivity contribution in [3.63, 3.8) is 0 Å². The van der Waals surface area contributed by atoms with Crippen LogP contribution < -0.4 is 0 Å². The zero-order valence-corrected chi connectivity index (χ0v) is 14.2. The average Bonchev–Trinajstić information content (AvgIpc) is 3.00. The van der Waals surface area contributed by atoms with Gasteiger partial charge in [-0.1, -0.05) is 12.2 Å². The molecule has 2 aromatic carbocycles. The van der Waals surface area contributed by atoms with Crippen molar-refractivity contribution in [3.05, 3.63) is 76.9 Å². The summed E-state index contributed by atoms with van der Waals surface area (Å²) in [6, 6.07) is 6.28. The SMILES string of the molecule is O=C(O)[C@@H]1CN(C/C=C/c2ccc(F)cc2F)C[C@H]1c1cc(F)cc(F)c1. The standard InChI is InChI=1S/C20H17F4NO2/c21-14-4-3-12(19(24)9-14)2-1-5-25-10-17(18(11-25)20(26)27)13-6-15(22)8-16(23)7-13/h1-4,6-9,17-18H,5,10-11H2,(H,26,27)/b2-1+/t17-,18+/m0/s1. The summed E-state index contributed by atoms with van der Waals surface area (Å²) in [5.41, 5.74) is 0.519. The van der Waals surface area contributed by atoms with E-state index in [1.807, 2.05) is 4.90 Å². The third-order valence-corrected chi connectivity index (χ3v) is 4.65. The van der Waals surface area contributed by atoms with Crippen LogP contribution in [-0.4, -0.2) is 35.6 Å². The third-order valence-electron chi connectivity index (χ3n) is 4.65. The summed E-state index contributed by atoms with van der Waals surface area (Å²) in [6.07, 6.45) is 3.13. The second-order valence-corrected chi connectivity index (χ2v) is 6.54. The number of benzene rings is 2. The molecule has 1 fully saturated rings. The molecule has 1 aliphatic rings. The molecule has 1 aliphatic heterocycles. The Morgan fingerprint density at radius 1 is 1.04 bits per heavy atom. The van der Waals surface area contributed by atoms with Gasteiger partial charge >= 0.3 is 5.97 Å². The third kappa shape index (κ3) is 4.54. The van der Waals surface area contributed by atoms with Crippen molar-refractivity contribution in [2.75, 3.05) is 19.6 Å². The Kier molecular flexibility index (Phi) is 5.60. The summed E-state index contributed by atoms with van der Waals surface area (Å²) >= 11 is 0. The normalized spacial score (nSPS) is 20.4. The number of likely N-dealkylation sites (tertiary alicyclic amines) is 1. The summed E-state index contributed by atoms with van der Waals surface area (Å²) in [6.45, 7) is 0.833. The van der Waals surface area contributed by atoms with Gasteiger partial charge in [0.05, 0.1) is 5.92 Å². The molecule has 142 valence electrons. The lowest BCUT2D eigenvalue weighted by atomic mass is 9.89. The second-order valence-electron chi connectivity index (χ2n) is 6.54. The van der Waals surface area contributed by atoms with E-state index in [0.717, 1.165) is 30.3 Å². The summed E-state index contributed by atoms with van der Waals surface area (Å²) in [7, 11) is 0. The van der Waals surface area contributed by atoms with Crippen LogP contribution in [0.5, 0.6) is 0 Å². The molecule has 3 nitrogen and oxygen atoms in total. The van der Waals surface area contributed by atoms with Gasteiger partial charge in [-0.2, -0.15) is 0 Å². The minimum atomic E-state index is -1.04. The maximum Gasteiger partial charge on any atom is 0.308 e. The Hall–Kier alpha value is -2.67. The molecule has 2 aromatic rings. The lowest BCUT2D eigenvalue weighted by molar-refractivity contribution is -0.141. The number of carbonyl (C=O) groups is 1. The fourth-order valence-corrected chi connectivity index (χ4v) is 3.38. The van der Waals surface area contributed by atoms with Crippen LogP contribution in [0.15, 0.2) is 42.5 Å². The van der Waals surface area contributed by atoms with Crippen molar-refractivity contribution in [2.45, 2.75) is 5.92 Å². The molecular weight excluding hydrogens is 362 g/mol. The molecule has 1 N–H and O–H groups in total. The van der Waals surface area contributed by atoms with E-state index >= 15 is 0 Å². The smallest absolute Gasteiger partial charge is 0.308 e. The molecule has 27 heavy (non-hydrogen) atoms. The molecular formula is C20H17F4NO2. The summed E-state index contributed by atoms with van der Waals surface area (Å²) in [5, 5.41) is 9.45. The van der Waals surface area contributed by atoms with E-state index in [4.69, 9.17) is 0 Å². The number of hydrogen-bond donors (Lipinski definition) is 1. The van der Waals surface area contributed by atoms with Gasteiger partial charge in [0.15, 0.2) is 0 Å². The largest absolute Gasteiger partial charge is 0.481 e. The van der Waals surface area contributed by atoms with Gasteiger partial charge in [-0.05, 0) is 29.8 Å². The fraction of sp³-hybridized carbons (Fsp3) is 0.250. The molecule has 0 unspecified atom stereocenters. The van der Waals surface area contributed by atoms with Gasteiger partial charge in [0.25, 0.3) is 0 Å². The zero-order chi connectivity index (χ0) is 19.6. The second kappa shape index (κ2) is 7.92. The lowest BCUT2D eigenvalue weighted by Crippen LogP contribution is -2.23. The van der Waals surface area contributed by atoms with Gasteiger partial charge in [-0.25, -0.2) is 17.6 Å². The van der Waals surface area contributed by atoms with Crippen LogP contribution in [-0.2, 0) is 4.79 Å². The maximum absolute atomic E-state index is 13.6. The number of halogens is 4. The van der Waals surface area contributed by atoms with Gasteiger partial charge in [0.1, 0.15) is 23.3 Å². The lowest BCUT2D eigenvalue weighted by Gasteiger charge is -2.15. The predicted molar refractivity (Wildman–Crippen MR) is 92.1 cm³/mol. The summed E-state index contributed by atoms with van der Waals surface area (Å²) < 4.78 is 53.5. The molecule has 0 radical (unpaired) electrons. The van der Waals surface area contributed by atoms with Crippen molar-refractivity contribution in [3.8, 4) is 0 Å². The highest BCUT2D eigenvalue weighted by Crippen LogP contribution is 2.33. The minimum Gasteiger partial charge on any atom is -0.481 e. The maximum atomic E-state index is 13.6. The summed E-state index contributed by atoms with van der Waals surface area (Å²) in [5.74, 6) is -5.26. The number of nitrogens with zero attached hydrogens (tertiary/aromatic N) is 1. The van der Waals surface area contributed by atoms with Crippen LogP contribution in [0.3, 0.4) is 0 Å². The van der Waals surface area contributed by atoms with Crippen LogP contribution >= 0.6 is 0 Å². The monoisotopic (exact) mass is 379 g/mol. The Morgan fingerprint density at radius 2 is 1.74 bits per heavy atom. The zero-order valence-electron chi connectivity index (χ0n) is 14.2. The van der Waals surface area contributed by atoms with E-state index in [2.05, 4.69) is 0 Å². The van der Waals surface area contributed by atoms with E-state index < -0.39 is 41.1 Å². The quantitative estimate of drug-likeness (QED) is 0.797. The van der Waals surface area contributed by atoms with Crippen molar-refractivity contribution in [1.29, 1.82) is 0 Å². The first-order valence-electron chi connectivity index (χ1n) is 8.36. The molecule has 2 atom stereocenters. The minimum absolute atomic E-state index is 0.203. The molecule has 0 saturated carbocycles. The fourth-order valence-electron chi connectivity index (χ4n) is 3.38. The van der Waals surface area contributed by atoms with E-state index in [9.17, 15) is 27.5 Å². The van der Waals surface area contributed by atoms with E-state index in [1.165, 1.54) is 12.1 Å². The van der Waals surface area contributed by atoms with Gasteiger partial charge in [-0.15, -0.1) is 0 Å². The molecule has 7 heteroatoms. The van der Waals surface area contributed by atoms with Gasteiger partial charge in [0.2, 0.25) is 0 Å². The van der Waals surface area contributed by atoms with Crippen LogP contribution in [0.1, 0.15) is 17.0 Å². The van der Waals surface area contributed by atoms with Crippen LogP contribution in [0, 0.1) is 29.2 Å². The molecule has 0 spiro atoms. The van der Waals surface area contributed by atoms with Crippen molar-refractivity contribution < 1.29 is 27.5 Å². The topological polar surface area (TPSA) is 40.5 Å². The number of aliphatic carboxylic acids is 1. The van der Waals surface area contributed by atoms with Crippen LogP contribution in [0.2, 0.25) is 0 Å². The van der Waals surface area contributed by atoms with Gasteiger partial charge in [0, 0.05) is 43.2 Å². The molecule has 3 rings (SSSR count). The molecule has 0 aliphatic carbocycles. The van der Waals surface area contributed by atoms with Crippen LogP contribution in [0.25, 0.3) is 6.08 Å². The average molecular weight is 379 g/mol. The Bertz CT molecular complexity index is 864. The first kappa shape index (κ1) is 19.1. The van der Waals surface area contributed by atoms with E-state index in [0.29, 0.717) is 18.7 Å². The highest BCUT2D eigenvalue weighted by atomic mass is 19.1. The van der Waals surface area contributed by atoms with Gasteiger partial charge < -0.3 is 5.11 Å². The highest BCUT2D eigenvalue weighted by molar-refractivity contribution is 5.72. The first-order valence-corrected chi connectivity index (χ1v) is 8.36. The number of hydrogen-bond acceptors (Lipinski definition) is 2. The van der Waals surface area contributed by atoms with Crippen molar-refractivity contribution in [2.24, 2.45) is 5.92 Å². The number of carboxylic acids is 1. The predicted octanol–water partition coefficient (Wildman–Crippen LogP) is 4.06. The molecule has 0 amide bonds. The Labute approximate surface area is 153 Å². The van der Waals surface area contributed by atoms with E-state index in [1.54, 1.807) is 6.08 Å². The molecule has 1 saturated heterocycles. The number of carboxylic acid groups (broad SMARTS) is 1. The molecule has 0 bridgehead atoms. The van der Waals surface area contributed by atoms with Crippen molar-refractivity contribution in [1.82, 2.24) is 4.90 Å². The Balaban J connectivity index is 1.72. The molecule has 1 heterocycles. The number of rotatable bonds is 5. The van der Waals surface area contributed by atoms with Crippen molar-refractivity contribution >= 4 is 12.0 Å². The highest BCUT2D eigenvalue weighted by Gasteiger charge is 2.38. The Morgan fingerprint density at radius 3 is 2.37 bits per heavy atom. The first-order chi connectivity index (χ1) is 12.8.